The van der Waals surface area contributed by atoms with Gasteiger partial charge in [0, 0.05) is 16.0 Å². The van der Waals surface area contributed by atoms with E-state index in [0.29, 0.717) is 9.79 Å². The first-order chi connectivity index (χ1) is 9.11. The fraction of sp³-hybridized carbons (Fsp3) is 0. The Labute approximate surface area is 112 Å². The summed E-state index contributed by atoms with van der Waals surface area (Å²) < 4.78 is 13.2. The molecule has 19 heavy (non-hydrogen) atoms. The van der Waals surface area contributed by atoms with E-state index in [1.807, 2.05) is 6.07 Å². The Morgan fingerprint density at radius 1 is 1.42 bits per heavy atom. The van der Waals surface area contributed by atoms with E-state index in [1.54, 1.807) is 12.1 Å². The SMILES string of the molecule is N#Cc1ncccc1Sc1ccc(F)c(C(=O)O)c1. The minimum atomic E-state index is -1.33. The fourth-order valence-electron chi connectivity index (χ4n) is 1.42. The zero-order chi connectivity index (χ0) is 13.8. The smallest absolute Gasteiger partial charge is 0.338 e. The Morgan fingerprint density at radius 3 is 2.89 bits per heavy atom. The van der Waals surface area contributed by atoms with Crippen molar-refractivity contribution in [2.75, 3.05) is 0 Å². The van der Waals surface area contributed by atoms with Crippen molar-refractivity contribution in [3.63, 3.8) is 0 Å². The largest absolute Gasteiger partial charge is 0.478 e. The number of pyridine rings is 1. The predicted octanol–water partition coefficient (Wildman–Crippen LogP) is 2.94. The Kier molecular flexibility index (Phi) is 3.78. The second-order valence-electron chi connectivity index (χ2n) is 3.51. The molecule has 1 N–H and O–H groups in total. The minimum Gasteiger partial charge on any atom is -0.478 e. The highest BCUT2D eigenvalue weighted by atomic mass is 32.2. The number of nitrogens with zero attached hydrogens (tertiary/aromatic N) is 2. The predicted molar refractivity (Wildman–Crippen MR) is 66.4 cm³/mol. The van der Waals surface area contributed by atoms with Crippen LogP contribution < -0.4 is 0 Å². The van der Waals surface area contributed by atoms with E-state index in [-0.39, 0.29) is 5.69 Å². The van der Waals surface area contributed by atoms with E-state index in [2.05, 4.69) is 4.98 Å². The van der Waals surface area contributed by atoms with Crippen LogP contribution in [-0.2, 0) is 0 Å². The van der Waals surface area contributed by atoms with Gasteiger partial charge in [0.2, 0.25) is 0 Å². The van der Waals surface area contributed by atoms with Crippen LogP contribution >= 0.6 is 11.8 Å². The summed E-state index contributed by atoms with van der Waals surface area (Å²) in [5.41, 5.74) is -0.152. The number of carboxylic acids is 1. The Hall–Kier alpha value is -2.39. The van der Waals surface area contributed by atoms with E-state index >= 15 is 0 Å². The molecule has 2 rings (SSSR count). The van der Waals surface area contributed by atoms with Crippen molar-refractivity contribution >= 4 is 17.7 Å². The summed E-state index contributed by atoms with van der Waals surface area (Å²) in [6.07, 6.45) is 1.50. The van der Waals surface area contributed by atoms with Crippen LogP contribution in [0.25, 0.3) is 0 Å². The molecule has 0 aliphatic rings. The van der Waals surface area contributed by atoms with Crippen molar-refractivity contribution in [3.8, 4) is 6.07 Å². The summed E-state index contributed by atoms with van der Waals surface area (Å²) in [5, 5.41) is 17.7. The van der Waals surface area contributed by atoms with Crippen LogP contribution in [0, 0.1) is 17.1 Å². The number of aromatic nitrogens is 1. The minimum absolute atomic E-state index is 0.244. The number of carboxylic acid groups (broad SMARTS) is 1. The molecule has 0 radical (unpaired) electrons. The van der Waals surface area contributed by atoms with Crippen molar-refractivity contribution in [1.82, 2.24) is 4.98 Å². The fourth-order valence-corrected chi connectivity index (χ4v) is 2.32. The second kappa shape index (κ2) is 5.50. The zero-order valence-corrected chi connectivity index (χ0v) is 10.3. The van der Waals surface area contributed by atoms with Gasteiger partial charge in [-0.3, -0.25) is 0 Å². The van der Waals surface area contributed by atoms with Gasteiger partial charge in [0.1, 0.15) is 11.9 Å². The Balaban J connectivity index is 2.37. The van der Waals surface area contributed by atoms with Gasteiger partial charge >= 0.3 is 5.97 Å². The molecule has 4 nitrogen and oxygen atoms in total. The van der Waals surface area contributed by atoms with Gasteiger partial charge in [0.15, 0.2) is 5.69 Å². The van der Waals surface area contributed by atoms with Gasteiger partial charge in [-0.1, -0.05) is 11.8 Å². The third-order valence-electron chi connectivity index (χ3n) is 2.27. The van der Waals surface area contributed by atoms with Gasteiger partial charge < -0.3 is 5.11 Å². The maximum Gasteiger partial charge on any atom is 0.338 e. The number of rotatable bonds is 3. The monoisotopic (exact) mass is 274 g/mol. The molecule has 0 atom stereocenters. The molecule has 0 spiro atoms. The van der Waals surface area contributed by atoms with Gasteiger partial charge in [0.05, 0.1) is 5.56 Å². The molecule has 6 heteroatoms. The lowest BCUT2D eigenvalue weighted by atomic mass is 10.2. The highest BCUT2D eigenvalue weighted by Gasteiger charge is 2.12. The van der Waals surface area contributed by atoms with Crippen LogP contribution in [0.3, 0.4) is 0 Å². The highest BCUT2D eigenvalue weighted by molar-refractivity contribution is 7.99. The maximum absolute atomic E-state index is 13.2. The summed E-state index contributed by atoms with van der Waals surface area (Å²) in [4.78, 5) is 15.9. The molecule has 2 aromatic rings. The van der Waals surface area contributed by atoms with Gasteiger partial charge in [-0.2, -0.15) is 5.26 Å². The molecule has 1 aromatic carbocycles. The van der Waals surface area contributed by atoms with Crippen LogP contribution in [0.15, 0.2) is 46.3 Å². The summed E-state index contributed by atoms with van der Waals surface area (Å²) in [6.45, 7) is 0. The van der Waals surface area contributed by atoms with E-state index in [9.17, 15) is 9.18 Å². The average Bonchev–Trinajstić information content (AvgIpc) is 2.41. The van der Waals surface area contributed by atoms with Crippen LogP contribution in [0.4, 0.5) is 4.39 Å². The number of nitriles is 1. The van der Waals surface area contributed by atoms with Crippen LogP contribution in [0.5, 0.6) is 0 Å². The lowest BCUT2D eigenvalue weighted by Gasteiger charge is -2.04. The molecule has 0 fully saturated rings. The second-order valence-corrected chi connectivity index (χ2v) is 4.63. The van der Waals surface area contributed by atoms with Crippen LogP contribution in [-0.4, -0.2) is 16.1 Å². The average molecular weight is 274 g/mol. The highest BCUT2D eigenvalue weighted by Crippen LogP contribution is 2.30. The molecular weight excluding hydrogens is 267 g/mol. The maximum atomic E-state index is 13.2. The molecular formula is C13H7FN2O2S. The topological polar surface area (TPSA) is 74.0 Å². The Morgan fingerprint density at radius 2 is 2.21 bits per heavy atom. The van der Waals surface area contributed by atoms with Crippen molar-refractivity contribution in [2.24, 2.45) is 0 Å². The zero-order valence-electron chi connectivity index (χ0n) is 9.50. The first kappa shape index (κ1) is 13.1. The number of aromatic carboxylic acids is 1. The van der Waals surface area contributed by atoms with Gasteiger partial charge in [0.25, 0.3) is 0 Å². The number of halogens is 1. The first-order valence-corrected chi connectivity index (χ1v) is 5.99. The molecule has 0 saturated heterocycles. The van der Waals surface area contributed by atoms with E-state index < -0.39 is 17.3 Å². The number of hydrogen-bond acceptors (Lipinski definition) is 4. The number of carbonyl (C=O) groups is 1. The van der Waals surface area contributed by atoms with Crippen LogP contribution in [0.2, 0.25) is 0 Å². The summed E-state index contributed by atoms with van der Waals surface area (Å²) in [6, 6.07) is 9.09. The normalized spacial score (nSPS) is 9.89. The summed E-state index contributed by atoms with van der Waals surface area (Å²) >= 11 is 1.16. The molecule has 0 aliphatic heterocycles. The van der Waals surface area contributed by atoms with Gasteiger partial charge in [-0.25, -0.2) is 14.2 Å². The van der Waals surface area contributed by atoms with Gasteiger partial charge in [-0.05, 0) is 30.3 Å². The quantitative estimate of drug-likeness (QED) is 0.931. The molecule has 0 amide bonds. The van der Waals surface area contributed by atoms with Crippen molar-refractivity contribution < 1.29 is 14.3 Å². The molecule has 1 heterocycles. The molecule has 0 unspecified atom stereocenters. The first-order valence-electron chi connectivity index (χ1n) is 5.17. The molecule has 94 valence electrons. The van der Waals surface area contributed by atoms with E-state index in [0.717, 1.165) is 17.8 Å². The number of hydrogen-bond donors (Lipinski definition) is 1. The molecule has 0 saturated carbocycles. The van der Waals surface area contributed by atoms with E-state index in [1.165, 1.54) is 18.3 Å². The van der Waals surface area contributed by atoms with Crippen molar-refractivity contribution in [3.05, 3.63) is 53.6 Å². The molecule has 0 bridgehead atoms. The lowest BCUT2D eigenvalue weighted by molar-refractivity contribution is 0.0691. The van der Waals surface area contributed by atoms with Gasteiger partial charge in [-0.15, -0.1) is 0 Å². The van der Waals surface area contributed by atoms with Crippen molar-refractivity contribution in [2.45, 2.75) is 9.79 Å². The molecule has 1 aromatic heterocycles. The van der Waals surface area contributed by atoms with E-state index in [4.69, 9.17) is 10.4 Å². The third-order valence-corrected chi connectivity index (χ3v) is 3.31. The third kappa shape index (κ3) is 2.89. The Bertz CT molecular complexity index is 683. The van der Waals surface area contributed by atoms with Crippen LogP contribution in [0.1, 0.15) is 16.1 Å². The standard InChI is InChI=1S/C13H7FN2O2S/c14-10-4-3-8(6-9(10)13(17)18)19-12-2-1-5-16-11(12)7-15/h1-6H,(H,17,18). The lowest BCUT2D eigenvalue weighted by Crippen LogP contribution is -2.00. The van der Waals surface area contributed by atoms with Crippen molar-refractivity contribution in [1.29, 1.82) is 5.26 Å². The number of benzene rings is 1. The molecule has 0 aliphatic carbocycles. The summed E-state index contributed by atoms with van der Waals surface area (Å²) in [5.74, 6) is -2.12. The summed E-state index contributed by atoms with van der Waals surface area (Å²) in [7, 11) is 0.